The highest BCUT2D eigenvalue weighted by Gasteiger charge is 2.25. The van der Waals surface area contributed by atoms with Crippen molar-refractivity contribution in [2.24, 2.45) is 0 Å². The Labute approximate surface area is 158 Å². The van der Waals surface area contributed by atoms with E-state index in [1.807, 2.05) is 18.2 Å². The van der Waals surface area contributed by atoms with Crippen LogP contribution in [0.25, 0.3) is 0 Å². The zero-order valence-electron chi connectivity index (χ0n) is 14.7. The van der Waals surface area contributed by atoms with Gasteiger partial charge in [0, 0.05) is 45.0 Å². The molecule has 2 heterocycles. The van der Waals surface area contributed by atoms with E-state index >= 15 is 0 Å². The number of nitriles is 1. The molecular weight excluding hydrogens is 352 g/mol. The van der Waals surface area contributed by atoms with Crippen molar-refractivity contribution in [3.63, 3.8) is 0 Å². The maximum atomic E-state index is 11.6. The second-order valence-corrected chi connectivity index (χ2v) is 6.17. The number of halogens is 1. The first kappa shape index (κ1) is 19.7. The van der Waals surface area contributed by atoms with Crippen LogP contribution in [0.3, 0.4) is 0 Å². The molecule has 1 atom stereocenters. The van der Waals surface area contributed by atoms with E-state index < -0.39 is 0 Å². The molecule has 6 nitrogen and oxygen atoms in total. The number of pyridine rings is 1. The number of carbonyl (C=O) groups is 1. The number of hydrogen-bond acceptors (Lipinski definition) is 5. The number of aliphatic hydroxyl groups excluding tert-OH is 1. The Morgan fingerprint density at radius 3 is 2.73 bits per heavy atom. The van der Waals surface area contributed by atoms with Gasteiger partial charge in [0.1, 0.15) is 11.8 Å². The van der Waals surface area contributed by atoms with Gasteiger partial charge >= 0.3 is 0 Å². The summed E-state index contributed by atoms with van der Waals surface area (Å²) < 4.78 is 0. The van der Waals surface area contributed by atoms with Crippen LogP contribution in [-0.4, -0.2) is 43.2 Å². The number of nitrogens with zero attached hydrogens (tertiary/aromatic N) is 3. The van der Waals surface area contributed by atoms with Crippen LogP contribution < -0.4 is 10.2 Å². The van der Waals surface area contributed by atoms with E-state index in [1.54, 1.807) is 25.4 Å². The third-order valence-corrected chi connectivity index (χ3v) is 4.66. The molecule has 26 heavy (non-hydrogen) atoms. The fourth-order valence-corrected chi connectivity index (χ4v) is 3.18. The van der Waals surface area contributed by atoms with E-state index in [9.17, 15) is 4.79 Å². The number of anilines is 1. The van der Waals surface area contributed by atoms with Gasteiger partial charge in [-0.2, -0.15) is 5.26 Å². The maximum absolute atomic E-state index is 11.6. The van der Waals surface area contributed by atoms with Crippen LogP contribution in [0, 0.1) is 11.3 Å². The van der Waals surface area contributed by atoms with Gasteiger partial charge in [0.05, 0.1) is 10.6 Å². The Bertz CT molecular complexity index is 802. The van der Waals surface area contributed by atoms with Gasteiger partial charge < -0.3 is 15.3 Å². The Hall–Kier alpha value is -2.62. The molecule has 2 N–H and O–H groups in total. The summed E-state index contributed by atoms with van der Waals surface area (Å²) in [6.45, 7) is 1.79. The van der Waals surface area contributed by atoms with Crippen molar-refractivity contribution in [1.82, 2.24) is 10.3 Å². The van der Waals surface area contributed by atoms with Gasteiger partial charge in [-0.1, -0.05) is 17.7 Å². The Balaban J connectivity index is 0.00000117. The van der Waals surface area contributed by atoms with Gasteiger partial charge in [-0.05, 0) is 36.2 Å². The Kier molecular flexibility index (Phi) is 6.96. The lowest BCUT2D eigenvalue weighted by Gasteiger charge is -2.19. The number of hydrogen-bond donors (Lipinski definition) is 2. The van der Waals surface area contributed by atoms with E-state index in [1.165, 1.54) is 0 Å². The molecule has 1 aliphatic heterocycles. The number of benzene rings is 1. The van der Waals surface area contributed by atoms with Crippen LogP contribution in [0.1, 0.15) is 34.0 Å². The van der Waals surface area contributed by atoms with Crippen molar-refractivity contribution in [3.05, 3.63) is 58.4 Å². The molecule has 3 rings (SSSR count). The first-order valence-corrected chi connectivity index (χ1v) is 8.57. The molecule has 2 aromatic rings. The summed E-state index contributed by atoms with van der Waals surface area (Å²) in [4.78, 5) is 18.0. The molecule has 1 aromatic carbocycles. The van der Waals surface area contributed by atoms with Crippen LogP contribution in [0.4, 0.5) is 5.69 Å². The number of aliphatic hydroxyl groups is 1. The molecule has 0 saturated carbocycles. The van der Waals surface area contributed by atoms with Crippen LogP contribution in [-0.2, 0) is 0 Å². The van der Waals surface area contributed by atoms with Gasteiger partial charge in [0.25, 0.3) is 5.91 Å². The van der Waals surface area contributed by atoms with Crippen molar-refractivity contribution in [3.8, 4) is 6.07 Å². The van der Waals surface area contributed by atoms with Gasteiger partial charge in [-0.15, -0.1) is 0 Å². The summed E-state index contributed by atoms with van der Waals surface area (Å²) >= 11 is 6.13. The molecule has 1 saturated heterocycles. The van der Waals surface area contributed by atoms with Crippen LogP contribution in [0.15, 0.2) is 36.5 Å². The second-order valence-electron chi connectivity index (χ2n) is 5.76. The van der Waals surface area contributed by atoms with Crippen LogP contribution in [0.2, 0.25) is 5.02 Å². The number of rotatable bonds is 3. The predicted molar refractivity (Wildman–Crippen MR) is 102 cm³/mol. The minimum Gasteiger partial charge on any atom is -0.400 e. The van der Waals surface area contributed by atoms with Crippen LogP contribution in [0.5, 0.6) is 0 Å². The van der Waals surface area contributed by atoms with Gasteiger partial charge in [-0.3, -0.25) is 9.78 Å². The normalized spacial score (nSPS) is 15.7. The lowest BCUT2D eigenvalue weighted by atomic mass is 10.00. The summed E-state index contributed by atoms with van der Waals surface area (Å²) in [5, 5.41) is 19.0. The molecule has 0 aliphatic carbocycles. The second kappa shape index (κ2) is 9.18. The third-order valence-electron chi connectivity index (χ3n) is 4.34. The van der Waals surface area contributed by atoms with E-state index in [4.69, 9.17) is 22.0 Å². The fourth-order valence-electron chi connectivity index (χ4n) is 2.97. The number of nitrogens with one attached hydrogen (secondary N) is 1. The van der Waals surface area contributed by atoms with Gasteiger partial charge in [-0.25, -0.2) is 0 Å². The molecule has 136 valence electrons. The Morgan fingerprint density at radius 1 is 1.38 bits per heavy atom. The topological polar surface area (TPSA) is 89.3 Å². The third kappa shape index (κ3) is 4.31. The Morgan fingerprint density at radius 2 is 2.15 bits per heavy atom. The largest absolute Gasteiger partial charge is 0.400 e. The number of amides is 1. The van der Waals surface area contributed by atoms with E-state index in [0.29, 0.717) is 22.2 Å². The number of carbonyl (C=O) groups excluding carboxylic acids is 1. The lowest BCUT2D eigenvalue weighted by molar-refractivity contribution is 0.0958. The lowest BCUT2D eigenvalue weighted by Crippen LogP contribution is -2.20. The van der Waals surface area contributed by atoms with Gasteiger partial charge in [0.15, 0.2) is 0 Å². The molecule has 7 heteroatoms. The van der Waals surface area contributed by atoms with Crippen molar-refractivity contribution in [2.45, 2.75) is 12.3 Å². The van der Waals surface area contributed by atoms with Crippen molar-refractivity contribution < 1.29 is 9.90 Å². The molecule has 1 aromatic heterocycles. The average Bonchev–Trinajstić information content (AvgIpc) is 3.19. The molecule has 0 spiro atoms. The fraction of sp³-hybridized carbons (Fsp3) is 0.316. The first-order valence-electron chi connectivity index (χ1n) is 8.19. The quantitative estimate of drug-likeness (QED) is 0.864. The van der Waals surface area contributed by atoms with Crippen molar-refractivity contribution >= 4 is 23.2 Å². The highest BCUT2D eigenvalue weighted by atomic mass is 35.5. The molecule has 0 radical (unpaired) electrons. The van der Waals surface area contributed by atoms with E-state index in [0.717, 1.165) is 37.9 Å². The molecule has 1 aliphatic rings. The minimum absolute atomic E-state index is 0.179. The minimum atomic E-state index is -0.179. The summed E-state index contributed by atoms with van der Waals surface area (Å²) in [5.74, 6) is 0.187. The zero-order valence-corrected chi connectivity index (χ0v) is 15.5. The summed E-state index contributed by atoms with van der Waals surface area (Å²) in [6.07, 6.45) is 2.79. The average molecular weight is 373 g/mol. The van der Waals surface area contributed by atoms with Crippen molar-refractivity contribution in [1.29, 1.82) is 5.26 Å². The SMILES string of the molecule is CNC(=O)c1ccc(C2CCN(c3ccc(C#N)c(Cl)c3)C2)cn1.CO. The highest BCUT2D eigenvalue weighted by molar-refractivity contribution is 6.32. The van der Waals surface area contributed by atoms with Crippen LogP contribution >= 0.6 is 11.6 Å². The standard InChI is InChI=1S/C18H17ClN4O.CH4O/c1-21-18(24)17-5-3-13(10-22-17)14-6-7-23(11-14)15-4-2-12(9-20)16(19)8-15;1-2/h2-5,8,10,14H,6-7,11H2,1H3,(H,21,24);2H,1H3. The predicted octanol–water partition coefficient (Wildman–Crippen LogP) is 2.57. The zero-order chi connectivity index (χ0) is 19.1. The first-order chi connectivity index (χ1) is 12.6. The molecular formula is C19H21ClN4O2. The van der Waals surface area contributed by atoms with E-state index in [-0.39, 0.29) is 5.91 Å². The molecule has 1 amide bonds. The van der Waals surface area contributed by atoms with E-state index in [2.05, 4.69) is 21.3 Å². The molecule has 1 fully saturated rings. The summed E-state index contributed by atoms with van der Waals surface area (Å²) in [5.41, 5.74) is 3.07. The summed E-state index contributed by atoms with van der Waals surface area (Å²) in [7, 11) is 2.59. The summed E-state index contributed by atoms with van der Waals surface area (Å²) in [6, 6.07) is 11.3. The molecule has 1 unspecified atom stereocenters. The monoisotopic (exact) mass is 372 g/mol. The maximum Gasteiger partial charge on any atom is 0.269 e. The highest BCUT2D eigenvalue weighted by Crippen LogP contribution is 2.32. The number of aromatic nitrogens is 1. The van der Waals surface area contributed by atoms with Gasteiger partial charge in [0.2, 0.25) is 0 Å². The molecule has 0 bridgehead atoms. The smallest absolute Gasteiger partial charge is 0.269 e. The van der Waals surface area contributed by atoms with Crippen molar-refractivity contribution in [2.75, 3.05) is 32.1 Å².